The molecule has 2 aromatic rings. The van der Waals surface area contributed by atoms with Crippen molar-refractivity contribution in [3.05, 3.63) is 74.6 Å². The van der Waals surface area contributed by atoms with Gasteiger partial charge in [-0.15, -0.1) is 11.8 Å². The molecule has 0 saturated heterocycles. The van der Waals surface area contributed by atoms with E-state index in [-0.39, 0.29) is 18.4 Å². The first-order valence-corrected chi connectivity index (χ1v) is 9.84. The first kappa shape index (κ1) is 18.7. The Labute approximate surface area is 163 Å². The number of amides is 2. The first-order valence-electron chi connectivity index (χ1n) is 8.47. The van der Waals surface area contributed by atoms with E-state index in [1.807, 2.05) is 51.1 Å². The van der Waals surface area contributed by atoms with Gasteiger partial charge in [-0.3, -0.25) is 14.5 Å². The van der Waals surface area contributed by atoms with Gasteiger partial charge in [-0.1, -0.05) is 54.4 Å². The van der Waals surface area contributed by atoms with E-state index >= 15 is 0 Å². The monoisotopic (exact) mass is 385 g/mol. The van der Waals surface area contributed by atoms with Crippen molar-refractivity contribution in [2.24, 2.45) is 0 Å². The summed E-state index contributed by atoms with van der Waals surface area (Å²) in [7, 11) is 0. The third-order valence-corrected chi connectivity index (χ3v) is 5.53. The van der Waals surface area contributed by atoms with Crippen LogP contribution >= 0.6 is 23.4 Å². The Morgan fingerprint density at radius 3 is 2.31 bits per heavy atom. The van der Waals surface area contributed by atoms with Crippen LogP contribution in [-0.2, 0) is 16.1 Å². The van der Waals surface area contributed by atoms with Crippen LogP contribution in [0.3, 0.4) is 0 Å². The first-order chi connectivity index (χ1) is 12.4. The Bertz CT molecular complexity index is 903. The van der Waals surface area contributed by atoms with Gasteiger partial charge in [0.15, 0.2) is 0 Å². The fourth-order valence-electron chi connectivity index (χ4n) is 3.08. The summed E-state index contributed by atoms with van der Waals surface area (Å²) in [5.41, 5.74) is 4.37. The third-order valence-electron chi connectivity index (χ3n) is 4.32. The summed E-state index contributed by atoms with van der Waals surface area (Å²) in [6.45, 7) is 6.22. The summed E-state index contributed by atoms with van der Waals surface area (Å²) < 4.78 is 0. The minimum absolute atomic E-state index is 0.216. The summed E-state index contributed by atoms with van der Waals surface area (Å²) in [6, 6.07) is 13.2. The van der Waals surface area contributed by atoms with Crippen molar-refractivity contribution in [1.82, 2.24) is 4.90 Å². The number of hydrogen-bond donors (Lipinski definition) is 0. The van der Waals surface area contributed by atoms with Gasteiger partial charge in [0, 0.05) is 5.02 Å². The maximum absolute atomic E-state index is 13.1. The number of nitrogens with zero attached hydrogens (tertiary/aromatic N) is 1. The molecule has 2 aromatic carbocycles. The molecule has 134 valence electrons. The van der Waals surface area contributed by atoms with Crippen LogP contribution in [0.25, 0.3) is 5.57 Å². The zero-order valence-corrected chi connectivity index (χ0v) is 16.6. The minimum Gasteiger partial charge on any atom is -0.269 e. The van der Waals surface area contributed by atoms with E-state index in [0.29, 0.717) is 15.5 Å². The van der Waals surface area contributed by atoms with Crippen molar-refractivity contribution in [3.63, 3.8) is 0 Å². The Kier molecular flexibility index (Phi) is 5.54. The number of halogens is 1. The smallest absolute Gasteiger partial charge is 0.268 e. The molecular weight excluding hydrogens is 366 g/mol. The normalized spacial score (nSPS) is 14.5. The Morgan fingerprint density at radius 2 is 1.69 bits per heavy atom. The molecule has 0 N–H and O–H groups in total. The van der Waals surface area contributed by atoms with Crippen molar-refractivity contribution >= 4 is 40.8 Å². The van der Waals surface area contributed by atoms with Crippen LogP contribution in [0.2, 0.25) is 5.02 Å². The van der Waals surface area contributed by atoms with Gasteiger partial charge in [0.25, 0.3) is 11.8 Å². The lowest BCUT2D eigenvalue weighted by Crippen LogP contribution is -2.31. The lowest BCUT2D eigenvalue weighted by atomic mass is 9.99. The molecule has 0 aromatic heterocycles. The van der Waals surface area contributed by atoms with Gasteiger partial charge in [-0.05, 0) is 48.4 Å². The molecule has 0 radical (unpaired) electrons. The summed E-state index contributed by atoms with van der Waals surface area (Å²) in [4.78, 5) is 27.9. The van der Waals surface area contributed by atoms with E-state index in [1.165, 1.54) is 16.7 Å². The fraction of sp³-hybridized carbons (Fsp3) is 0.238. The minimum atomic E-state index is -0.229. The number of hydrogen-bond acceptors (Lipinski definition) is 3. The maximum Gasteiger partial charge on any atom is 0.268 e. The molecule has 0 saturated carbocycles. The summed E-state index contributed by atoms with van der Waals surface area (Å²) in [5, 5.41) is 0.629. The second-order valence-corrected chi connectivity index (χ2v) is 7.99. The van der Waals surface area contributed by atoms with Crippen LogP contribution in [0.15, 0.2) is 47.4 Å². The van der Waals surface area contributed by atoms with Crippen LogP contribution in [0, 0.1) is 13.8 Å². The average molecular weight is 386 g/mol. The molecule has 1 heterocycles. The van der Waals surface area contributed by atoms with Crippen LogP contribution in [0.1, 0.15) is 29.2 Å². The lowest BCUT2D eigenvalue weighted by Gasteiger charge is -2.15. The molecule has 3 nitrogen and oxygen atoms in total. The SMILES string of the molecule is CCSC1=C(c2ccc(C)cc2C)C(=O)N(Cc2ccc(Cl)cc2)C1=O. The van der Waals surface area contributed by atoms with Gasteiger partial charge in [0.1, 0.15) is 0 Å². The number of rotatable bonds is 5. The van der Waals surface area contributed by atoms with Gasteiger partial charge in [-0.2, -0.15) is 0 Å². The molecule has 1 aliphatic rings. The predicted octanol–water partition coefficient (Wildman–Crippen LogP) is 4.99. The van der Waals surface area contributed by atoms with Crippen molar-refractivity contribution in [2.75, 3.05) is 5.75 Å². The van der Waals surface area contributed by atoms with E-state index in [1.54, 1.807) is 12.1 Å². The average Bonchev–Trinajstić information content (AvgIpc) is 2.82. The lowest BCUT2D eigenvalue weighted by molar-refractivity contribution is -0.137. The Morgan fingerprint density at radius 1 is 1.00 bits per heavy atom. The molecule has 5 heteroatoms. The number of imide groups is 1. The van der Waals surface area contributed by atoms with E-state index in [4.69, 9.17) is 11.6 Å². The number of carbonyl (C=O) groups is 2. The highest BCUT2D eigenvalue weighted by Gasteiger charge is 2.39. The van der Waals surface area contributed by atoms with Gasteiger partial charge in [-0.25, -0.2) is 0 Å². The third kappa shape index (κ3) is 3.57. The number of benzene rings is 2. The van der Waals surface area contributed by atoms with Crippen LogP contribution in [0.5, 0.6) is 0 Å². The summed E-state index contributed by atoms with van der Waals surface area (Å²) in [6.07, 6.45) is 0. The van der Waals surface area contributed by atoms with Crippen LogP contribution in [-0.4, -0.2) is 22.5 Å². The zero-order valence-electron chi connectivity index (χ0n) is 15.0. The van der Waals surface area contributed by atoms with Gasteiger partial charge < -0.3 is 0 Å². The maximum atomic E-state index is 13.1. The fourth-order valence-corrected chi connectivity index (χ4v) is 4.07. The molecule has 0 aliphatic carbocycles. The molecule has 0 atom stereocenters. The highest BCUT2D eigenvalue weighted by Crippen LogP contribution is 2.38. The molecule has 1 aliphatic heterocycles. The topological polar surface area (TPSA) is 37.4 Å². The van der Waals surface area contributed by atoms with Gasteiger partial charge in [0.2, 0.25) is 0 Å². The summed E-state index contributed by atoms with van der Waals surface area (Å²) in [5.74, 6) is 0.289. The predicted molar refractivity (Wildman–Crippen MR) is 108 cm³/mol. The zero-order chi connectivity index (χ0) is 18.8. The van der Waals surface area contributed by atoms with Crippen molar-refractivity contribution < 1.29 is 9.59 Å². The van der Waals surface area contributed by atoms with E-state index in [9.17, 15) is 9.59 Å². The van der Waals surface area contributed by atoms with Gasteiger partial charge in [0.05, 0.1) is 17.0 Å². The number of carbonyl (C=O) groups excluding carboxylic acids is 2. The quantitative estimate of drug-likeness (QED) is 0.680. The van der Waals surface area contributed by atoms with Crippen molar-refractivity contribution in [1.29, 1.82) is 0 Å². The van der Waals surface area contributed by atoms with E-state index < -0.39 is 0 Å². The second kappa shape index (κ2) is 7.68. The summed E-state index contributed by atoms with van der Waals surface area (Å²) >= 11 is 7.35. The van der Waals surface area contributed by atoms with Crippen LogP contribution < -0.4 is 0 Å². The van der Waals surface area contributed by atoms with Crippen LogP contribution in [0.4, 0.5) is 0 Å². The Hall–Kier alpha value is -2.04. The van der Waals surface area contributed by atoms with Crippen molar-refractivity contribution in [2.45, 2.75) is 27.3 Å². The second-order valence-electron chi connectivity index (χ2n) is 6.28. The van der Waals surface area contributed by atoms with E-state index in [2.05, 4.69) is 0 Å². The molecule has 0 unspecified atom stereocenters. The molecule has 0 fully saturated rings. The molecule has 0 bridgehead atoms. The molecule has 0 spiro atoms. The largest absolute Gasteiger partial charge is 0.269 e. The number of aryl methyl sites for hydroxylation is 2. The standard InChI is InChI=1S/C21H20ClNO2S/c1-4-26-19-18(17-10-5-13(2)11-14(17)3)20(24)23(21(19)25)12-15-6-8-16(22)9-7-15/h5-11H,4,12H2,1-3H3. The van der Waals surface area contributed by atoms with Crippen molar-refractivity contribution in [3.8, 4) is 0 Å². The van der Waals surface area contributed by atoms with Gasteiger partial charge >= 0.3 is 0 Å². The molecule has 2 amide bonds. The molecular formula is C21H20ClNO2S. The highest BCUT2D eigenvalue weighted by atomic mass is 35.5. The number of thioether (sulfide) groups is 1. The molecule has 26 heavy (non-hydrogen) atoms. The Balaban J connectivity index is 1.99. The highest BCUT2D eigenvalue weighted by molar-refractivity contribution is 8.04. The van der Waals surface area contributed by atoms with E-state index in [0.717, 1.165) is 28.0 Å². The molecule has 3 rings (SSSR count).